The van der Waals surface area contributed by atoms with E-state index in [4.69, 9.17) is 14.9 Å². The molecule has 0 heterocycles. The number of hydrogen-bond acceptors (Lipinski definition) is 4. The van der Waals surface area contributed by atoms with E-state index in [-0.39, 0.29) is 18.4 Å². The summed E-state index contributed by atoms with van der Waals surface area (Å²) in [6.45, 7) is 0.897. The molecular formula is C12H22N2O5. The number of hydrogen-bond donors (Lipinski definition) is 4. The zero-order valence-electron chi connectivity index (χ0n) is 11.1. The number of nitrogens with one attached hydrogen (secondary N) is 2. The van der Waals surface area contributed by atoms with Crippen molar-refractivity contribution in [3.63, 3.8) is 0 Å². The van der Waals surface area contributed by atoms with Crippen LogP contribution in [-0.2, 0) is 9.53 Å². The number of ether oxygens (including phenoxy) is 1. The first-order valence-electron chi connectivity index (χ1n) is 6.40. The van der Waals surface area contributed by atoms with Crippen LogP contribution in [0.4, 0.5) is 4.79 Å². The van der Waals surface area contributed by atoms with E-state index in [2.05, 4.69) is 10.6 Å². The molecule has 0 spiro atoms. The van der Waals surface area contributed by atoms with Gasteiger partial charge in [-0.2, -0.15) is 0 Å². The van der Waals surface area contributed by atoms with Crippen molar-refractivity contribution in [1.29, 1.82) is 0 Å². The Bertz CT molecular complexity index is 317. The molecule has 0 bridgehead atoms. The van der Waals surface area contributed by atoms with Crippen molar-refractivity contribution in [2.24, 2.45) is 5.41 Å². The Morgan fingerprint density at radius 2 is 2.11 bits per heavy atom. The summed E-state index contributed by atoms with van der Waals surface area (Å²) >= 11 is 0. The third-order valence-corrected chi connectivity index (χ3v) is 3.44. The fourth-order valence-electron chi connectivity index (χ4n) is 1.87. The fourth-order valence-corrected chi connectivity index (χ4v) is 1.87. The zero-order valence-corrected chi connectivity index (χ0v) is 11.1. The van der Waals surface area contributed by atoms with E-state index >= 15 is 0 Å². The molecule has 1 rings (SSSR count). The Balaban J connectivity index is 2.29. The van der Waals surface area contributed by atoms with Gasteiger partial charge in [0.1, 0.15) is 6.04 Å². The number of aliphatic hydroxyl groups is 1. The predicted octanol–water partition coefficient (Wildman–Crippen LogP) is -0.0621. The molecule has 1 saturated carbocycles. The van der Waals surface area contributed by atoms with Crippen molar-refractivity contribution in [2.75, 3.05) is 26.9 Å². The lowest BCUT2D eigenvalue weighted by Crippen LogP contribution is -2.47. The number of carboxylic acids is 1. The molecule has 4 N–H and O–H groups in total. The molecule has 1 unspecified atom stereocenters. The van der Waals surface area contributed by atoms with Crippen LogP contribution in [0.1, 0.15) is 25.7 Å². The molecule has 2 amide bonds. The molecule has 0 aromatic rings. The molecule has 1 fully saturated rings. The Hall–Kier alpha value is -1.34. The average Bonchev–Trinajstić information content (AvgIpc) is 3.14. The summed E-state index contributed by atoms with van der Waals surface area (Å²) in [5, 5.41) is 22.6. The smallest absolute Gasteiger partial charge is 0.326 e. The van der Waals surface area contributed by atoms with E-state index in [0.29, 0.717) is 13.2 Å². The Kier molecular flexibility index (Phi) is 6.04. The minimum atomic E-state index is -1.15. The molecule has 0 aliphatic heterocycles. The van der Waals surface area contributed by atoms with Crippen molar-refractivity contribution in [3.8, 4) is 0 Å². The molecule has 0 saturated heterocycles. The second kappa shape index (κ2) is 7.30. The molecule has 7 heteroatoms. The van der Waals surface area contributed by atoms with Crippen LogP contribution in [0.3, 0.4) is 0 Å². The first-order chi connectivity index (χ1) is 9.03. The molecular weight excluding hydrogens is 252 g/mol. The highest BCUT2D eigenvalue weighted by Crippen LogP contribution is 2.48. The van der Waals surface area contributed by atoms with E-state index in [9.17, 15) is 9.59 Å². The van der Waals surface area contributed by atoms with Gasteiger partial charge in [-0.15, -0.1) is 0 Å². The number of rotatable bonds is 9. The minimum absolute atomic E-state index is 0.00241. The molecule has 7 nitrogen and oxygen atoms in total. The van der Waals surface area contributed by atoms with Crippen LogP contribution in [0.25, 0.3) is 0 Å². The number of urea groups is 1. The molecule has 0 aromatic carbocycles. The number of methoxy groups -OCH3 is 1. The number of carbonyl (C=O) groups excluding carboxylic acids is 1. The maximum atomic E-state index is 11.6. The number of aliphatic hydroxyl groups excluding tert-OH is 1. The summed E-state index contributed by atoms with van der Waals surface area (Å²) < 4.78 is 5.02. The number of carboxylic acid groups (broad SMARTS) is 1. The summed E-state index contributed by atoms with van der Waals surface area (Å²) in [4.78, 5) is 22.4. The molecule has 0 radical (unpaired) electrons. The topological polar surface area (TPSA) is 108 Å². The summed E-state index contributed by atoms with van der Waals surface area (Å²) in [7, 11) is 1.64. The lowest BCUT2D eigenvalue weighted by Gasteiger charge is -2.18. The molecule has 110 valence electrons. The Morgan fingerprint density at radius 1 is 1.42 bits per heavy atom. The highest BCUT2D eigenvalue weighted by Gasteiger charge is 2.42. The van der Waals surface area contributed by atoms with Gasteiger partial charge in [-0.25, -0.2) is 9.59 Å². The summed E-state index contributed by atoms with van der Waals surface area (Å²) in [6, 6.07) is -1.57. The summed E-state index contributed by atoms with van der Waals surface area (Å²) in [5.74, 6) is -1.15. The highest BCUT2D eigenvalue weighted by molar-refractivity contribution is 5.82. The van der Waals surface area contributed by atoms with Crippen LogP contribution >= 0.6 is 0 Å². The number of aliphatic carboxylic acids is 1. The zero-order chi connectivity index (χ0) is 14.3. The third-order valence-electron chi connectivity index (χ3n) is 3.44. The van der Waals surface area contributed by atoms with Gasteiger partial charge in [0.15, 0.2) is 0 Å². The van der Waals surface area contributed by atoms with E-state index in [1.807, 2.05) is 0 Å². The summed E-state index contributed by atoms with van der Waals surface area (Å²) in [6.07, 6.45) is 2.99. The molecule has 1 aliphatic rings. The minimum Gasteiger partial charge on any atom is -0.480 e. The van der Waals surface area contributed by atoms with Crippen molar-refractivity contribution >= 4 is 12.0 Å². The quantitative estimate of drug-likeness (QED) is 0.471. The number of amides is 2. The van der Waals surface area contributed by atoms with Crippen molar-refractivity contribution < 1.29 is 24.5 Å². The largest absolute Gasteiger partial charge is 0.480 e. The number of carbonyl (C=O) groups is 2. The van der Waals surface area contributed by atoms with Gasteiger partial charge in [0, 0.05) is 33.3 Å². The van der Waals surface area contributed by atoms with Gasteiger partial charge in [0.2, 0.25) is 0 Å². The first-order valence-corrected chi connectivity index (χ1v) is 6.40. The molecule has 1 atom stereocenters. The molecule has 1 aliphatic carbocycles. The van der Waals surface area contributed by atoms with Gasteiger partial charge >= 0.3 is 12.0 Å². The lowest BCUT2D eigenvalue weighted by molar-refractivity contribution is -0.139. The second-order valence-corrected chi connectivity index (χ2v) is 4.97. The Labute approximate surface area is 112 Å². The van der Waals surface area contributed by atoms with Gasteiger partial charge in [-0.1, -0.05) is 0 Å². The first kappa shape index (κ1) is 15.7. The van der Waals surface area contributed by atoms with Gasteiger partial charge in [-0.05, 0) is 24.7 Å². The van der Waals surface area contributed by atoms with Gasteiger partial charge < -0.3 is 25.6 Å². The highest BCUT2D eigenvalue weighted by atomic mass is 16.5. The molecule has 0 aromatic heterocycles. The summed E-state index contributed by atoms with van der Waals surface area (Å²) in [5.41, 5.74) is 0.114. The van der Waals surface area contributed by atoms with Crippen LogP contribution in [0, 0.1) is 5.41 Å². The monoisotopic (exact) mass is 274 g/mol. The van der Waals surface area contributed by atoms with Gasteiger partial charge in [0.25, 0.3) is 0 Å². The van der Waals surface area contributed by atoms with Gasteiger partial charge in [-0.3, -0.25) is 0 Å². The van der Waals surface area contributed by atoms with E-state index < -0.39 is 18.0 Å². The van der Waals surface area contributed by atoms with Gasteiger partial charge in [0.05, 0.1) is 0 Å². The van der Waals surface area contributed by atoms with Crippen molar-refractivity contribution in [1.82, 2.24) is 10.6 Å². The van der Waals surface area contributed by atoms with Crippen LogP contribution in [0.2, 0.25) is 0 Å². The van der Waals surface area contributed by atoms with E-state index in [0.717, 1.165) is 19.3 Å². The lowest BCUT2D eigenvalue weighted by atomic mass is 10.0. The third kappa shape index (κ3) is 5.44. The normalized spacial score (nSPS) is 17.6. The second-order valence-electron chi connectivity index (χ2n) is 4.97. The van der Waals surface area contributed by atoms with Crippen LogP contribution in [0.15, 0.2) is 0 Å². The van der Waals surface area contributed by atoms with Crippen LogP contribution in [-0.4, -0.2) is 55.1 Å². The maximum absolute atomic E-state index is 11.6. The maximum Gasteiger partial charge on any atom is 0.326 e. The standard InChI is InChI=1S/C12H22N2O5/c1-19-7-5-12(3-4-12)8-13-11(18)14-9(2-6-15)10(16)17/h9,15H,2-8H2,1H3,(H,16,17)(H2,13,14,18). The predicted molar refractivity (Wildman–Crippen MR) is 67.8 cm³/mol. The fraction of sp³-hybridized carbons (Fsp3) is 0.833. The Morgan fingerprint density at radius 3 is 2.58 bits per heavy atom. The van der Waals surface area contributed by atoms with E-state index in [1.54, 1.807) is 7.11 Å². The SMILES string of the molecule is COCCC1(CNC(=O)NC(CCO)C(=O)O)CC1. The van der Waals surface area contributed by atoms with Crippen molar-refractivity contribution in [2.45, 2.75) is 31.7 Å². The average molecular weight is 274 g/mol. The van der Waals surface area contributed by atoms with Crippen LogP contribution < -0.4 is 10.6 Å². The van der Waals surface area contributed by atoms with Crippen LogP contribution in [0.5, 0.6) is 0 Å². The molecule has 19 heavy (non-hydrogen) atoms. The van der Waals surface area contributed by atoms with E-state index in [1.165, 1.54) is 0 Å². The van der Waals surface area contributed by atoms with Crippen molar-refractivity contribution in [3.05, 3.63) is 0 Å².